The van der Waals surface area contributed by atoms with Crippen molar-refractivity contribution in [1.82, 2.24) is 0 Å². The molecule has 0 bridgehead atoms. The van der Waals surface area contributed by atoms with E-state index >= 15 is 0 Å². The van der Waals surface area contributed by atoms with Gasteiger partial charge < -0.3 is 35.4 Å². The molecular weight excluding hydrogens is 232 g/mol. The lowest BCUT2D eigenvalue weighted by Crippen LogP contribution is -2.20. The molecule has 17 heavy (non-hydrogen) atoms. The second-order valence-electron chi connectivity index (χ2n) is 2.99. The molecule has 0 aliphatic carbocycles. The van der Waals surface area contributed by atoms with Gasteiger partial charge in [0.15, 0.2) is 24.1 Å². The Balaban J connectivity index is 0.000000302. The van der Waals surface area contributed by atoms with Crippen molar-refractivity contribution in [2.24, 2.45) is 0 Å². The fraction of sp³-hybridized carbons (Fsp3) is 0.400. The average molecular weight is 248 g/mol. The van der Waals surface area contributed by atoms with Gasteiger partial charge in [0, 0.05) is 0 Å². The van der Waals surface area contributed by atoms with E-state index in [2.05, 4.69) is 4.74 Å². The lowest BCUT2D eigenvalue weighted by Gasteiger charge is -2.05. The Morgan fingerprint density at radius 3 is 1.41 bits per heavy atom. The van der Waals surface area contributed by atoms with Crippen molar-refractivity contribution in [2.45, 2.75) is 12.6 Å². The van der Waals surface area contributed by atoms with Gasteiger partial charge in [-0.15, -0.1) is 0 Å². The first kappa shape index (κ1) is 15.6. The molecule has 1 aromatic rings. The summed E-state index contributed by atoms with van der Waals surface area (Å²) in [6.45, 7) is -0.616. The molecule has 1 rings (SSSR count). The minimum atomic E-state index is -1.55. The molecule has 98 valence electrons. The van der Waals surface area contributed by atoms with Crippen molar-refractivity contribution in [3.8, 4) is 11.5 Å². The van der Waals surface area contributed by atoms with Crippen LogP contribution in [0.2, 0.25) is 0 Å². The minimum absolute atomic E-state index is 0.0764. The lowest BCUT2D eigenvalue weighted by atomic mass is 10.3. The van der Waals surface area contributed by atoms with Crippen LogP contribution in [0.5, 0.6) is 11.5 Å². The summed E-state index contributed by atoms with van der Waals surface area (Å²) < 4.78 is 4.36. The normalized spacial score (nSPS) is 10.2. The van der Waals surface area contributed by atoms with Crippen molar-refractivity contribution < 1.29 is 35.4 Å². The highest BCUT2D eigenvalue weighted by Gasteiger charge is 1.99. The van der Waals surface area contributed by atoms with Crippen molar-refractivity contribution in [2.75, 3.05) is 13.2 Å². The van der Waals surface area contributed by atoms with Crippen LogP contribution in [0, 0.1) is 0 Å². The van der Waals surface area contributed by atoms with Crippen molar-refractivity contribution in [3.63, 3.8) is 0 Å². The Hall–Kier alpha value is -1.38. The van der Waals surface area contributed by atoms with Crippen molar-refractivity contribution in [3.05, 3.63) is 24.3 Å². The van der Waals surface area contributed by atoms with E-state index in [1.165, 1.54) is 12.1 Å². The van der Waals surface area contributed by atoms with Gasteiger partial charge in [-0.2, -0.15) is 0 Å². The van der Waals surface area contributed by atoms with Gasteiger partial charge in [-0.05, 0) is 12.1 Å². The van der Waals surface area contributed by atoms with Crippen molar-refractivity contribution in [1.29, 1.82) is 0 Å². The Labute approximate surface area is 97.8 Å². The summed E-state index contributed by atoms with van der Waals surface area (Å²) >= 11 is 0. The summed E-state index contributed by atoms with van der Waals surface area (Å²) in [4.78, 5) is 0. The van der Waals surface area contributed by atoms with E-state index in [-0.39, 0.29) is 24.7 Å². The predicted molar refractivity (Wildman–Crippen MR) is 57.0 cm³/mol. The fourth-order valence-electron chi connectivity index (χ4n) is 0.743. The number of aliphatic hydroxyl groups is 4. The first-order valence-electron chi connectivity index (χ1n) is 4.70. The van der Waals surface area contributed by atoms with Crippen LogP contribution in [0.1, 0.15) is 0 Å². The maximum Gasteiger partial charge on any atom is 0.175 e. The second kappa shape index (κ2) is 8.74. The number of para-hydroxylation sites is 2. The molecule has 0 aliphatic heterocycles. The maximum atomic E-state index is 8.67. The van der Waals surface area contributed by atoms with Crippen LogP contribution in [0.4, 0.5) is 0 Å². The number of hydrogen-bond acceptors (Lipinski definition) is 7. The largest absolute Gasteiger partial charge is 0.504 e. The number of aromatic hydroxyl groups is 2. The predicted octanol–water partition coefficient (Wildman–Crippen LogP) is -1.28. The third kappa shape index (κ3) is 9.54. The van der Waals surface area contributed by atoms with E-state index in [4.69, 9.17) is 30.6 Å². The number of phenols is 2. The molecule has 1 aromatic carbocycles. The molecule has 0 aliphatic rings. The van der Waals surface area contributed by atoms with Crippen LogP contribution in [0.15, 0.2) is 24.3 Å². The van der Waals surface area contributed by atoms with Crippen LogP contribution >= 0.6 is 0 Å². The number of rotatable bonds is 4. The molecule has 0 atom stereocenters. The van der Waals surface area contributed by atoms with E-state index in [1.807, 2.05) is 0 Å². The van der Waals surface area contributed by atoms with Crippen molar-refractivity contribution >= 4 is 0 Å². The highest BCUT2D eigenvalue weighted by molar-refractivity contribution is 5.36. The Kier molecular flexibility index (Phi) is 8.03. The number of ether oxygens (including phenoxy) is 1. The van der Waals surface area contributed by atoms with Crippen LogP contribution in [-0.4, -0.2) is 56.4 Å². The Morgan fingerprint density at radius 1 is 0.824 bits per heavy atom. The highest BCUT2D eigenvalue weighted by atomic mass is 16.6. The SMILES string of the molecule is OC(O)COCC(O)O.Oc1ccccc1O. The molecule has 0 radical (unpaired) electrons. The zero-order valence-corrected chi connectivity index (χ0v) is 8.97. The number of benzene rings is 1. The van der Waals surface area contributed by atoms with Crippen LogP contribution in [-0.2, 0) is 4.74 Å². The van der Waals surface area contributed by atoms with Crippen LogP contribution in [0.3, 0.4) is 0 Å². The van der Waals surface area contributed by atoms with E-state index in [9.17, 15) is 0 Å². The summed E-state index contributed by atoms with van der Waals surface area (Å²) in [5.41, 5.74) is 0. The van der Waals surface area contributed by atoms with Gasteiger partial charge in [-0.1, -0.05) is 12.1 Å². The smallest absolute Gasteiger partial charge is 0.175 e. The molecule has 0 fully saturated rings. The van der Waals surface area contributed by atoms with Gasteiger partial charge in [0.2, 0.25) is 0 Å². The van der Waals surface area contributed by atoms with Crippen LogP contribution in [0.25, 0.3) is 0 Å². The lowest BCUT2D eigenvalue weighted by molar-refractivity contribution is -0.138. The molecule has 7 heteroatoms. The third-order valence-electron chi connectivity index (χ3n) is 1.42. The van der Waals surface area contributed by atoms with Crippen LogP contribution < -0.4 is 0 Å². The van der Waals surface area contributed by atoms with E-state index in [0.717, 1.165) is 0 Å². The molecule has 7 nitrogen and oxygen atoms in total. The molecule has 6 N–H and O–H groups in total. The topological polar surface area (TPSA) is 131 Å². The third-order valence-corrected chi connectivity index (χ3v) is 1.42. The number of phenolic OH excluding ortho intramolecular Hbond substituents is 2. The summed E-state index contributed by atoms with van der Waals surface area (Å²) in [5.74, 6) is -0.153. The number of hydrogen-bond donors (Lipinski definition) is 6. The first-order chi connectivity index (χ1) is 7.93. The molecule has 0 spiro atoms. The molecule has 0 unspecified atom stereocenters. The second-order valence-corrected chi connectivity index (χ2v) is 2.99. The summed E-state index contributed by atoms with van der Waals surface area (Å²) in [5, 5.41) is 49.9. The standard InChI is InChI=1S/C6H6O2.C4H10O5/c7-5-3-1-2-4-6(5)8;5-3(6)1-9-2-4(7)8/h1-4,7-8H;3-8H,1-2H2. The fourth-order valence-corrected chi connectivity index (χ4v) is 0.743. The van der Waals surface area contributed by atoms with E-state index in [1.54, 1.807) is 12.1 Å². The molecule has 0 amide bonds. The van der Waals surface area contributed by atoms with Gasteiger partial charge in [-0.3, -0.25) is 0 Å². The molecular formula is C10H16O7. The maximum absolute atomic E-state index is 8.67. The molecule has 0 aromatic heterocycles. The monoisotopic (exact) mass is 248 g/mol. The quantitative estimate of drug-likeness (QED) is 0.289. The first-order valence-corrected chi connectivity index (χ1v) is 4.70. The van der Waals surface area contributed by atoms with Gasteiger partial charge in [-0.25, -0.2) is 0 Å². The highest BCUT2D eigenvalue weighted by Crippen LogP contribution is 2.21. The molecule has 0 saturated heterocycles. The zero-order valence-electron chi connectivity index (χ0n) is 8.97. The summed E-state index contributed by atoms with van der Waals surface area (Å²) in [6.07, 6.45) is -3.10. The minimum Gasteiger partial charge on any atom is -0.504 e. The summed E-state index contributed by atoms with van der Waals surface area (Å²) in [6, 6.07) is 6.15. The van der Waals surface area contributed by atoms with Gasteiger partial charge in [0.1, 0.15) is 0 Å². The van der Waals surface area contributed by atoms with Gasteiger partial charge in [0.05, 0.1) is 13.2 Å². The number of aliphatic hydroxyl groups excluding tert-OH is 2. The van der Waals surface area contributed by atoms with Gasteiger partial charge >= 0.3 is 0 Å². The van der Waals surface area contributed by atoms with E-state index in [0.29, 0.717) is 0 Å². The summed E-state index contributed by atoms with van der Waals surface area (Å²) in [7, 11) is 0. The Bertz CT molecular complexity index is 271. The molecule has 0 saturated carbocycles. The zero-order chi connectivity index (χ0) is 13.3. The van der Waals surface area contributed by atoms with Gasteiger partial charge in [0.25, 0.3) is 0 Å². The Morgan fingerprint density at radius 2 is 1.18 bits per heavy atom. The van der Waals surface area contributed by atoms with E-state index < -0.39 is 12.6 Å². The molecule has 0 heterocycles. The average Bonchev–Trinajstić information content (AvgIpc) is 2.22.